The SMILES string of the molecule is CC1CC(C)CN(C(CN)c2ccc3c(c2)CCO3)C1. The minimum Gasteiger partial charge on any atom is -0.493 e. The molecule has 3 nitrogen and oxygen atoms in total. The second kappa shape index (κ2) is 5.74. The van der Waals surface area contributed by atoms with Gasteiger partial charge in [0.2, 0.25) is 0 Å². The summed E-state index contributed by atoms with van der Waals surface area (Å²) in [6.45, 7) is 8.56. The predicted molar refractivity (Wildman–Crippen MR) is 82.0 cm³/mol. The number of hydrogen-bond donors (Lipinski definition) is 1. The number of rotatable bonds is 3. The van der Waals surface area contributed by atoms with Crippen molar-refractivity contribution in [3.63, 3.8) is 0 Å². The highest BCUT2D eigenvalue weighted by Gasteiger charge is 2.28. The maximum atomic E-state index is 6.10. The van der Waals surface area contributed by atoms with E-state index in [1.54, 1.807) is 0 Å². The zero-order valence-corrected chi connectivity index (χ0v) is 12.6. The van der Waals surface area contributed by atoms with Crippen LogP contribution in [0, 0.1) is 11.8 Å². The van der Waals surface area contributed by atoms with Crippen molar-refractivity contribution in [1.29, 1.82) is 0 Å². The highest BCUT2D eigenvalue weighted by molar-refractivity contribution is 5.41. The van der Waals surface area contributed by atoms with Gasteiger partial charge in [0.05, 0.1) is 6.61 Å². The van der Waals surface area contributed by atoms with Gasteiger partial charge < -0.3 is 10.5 Å². The van der Waals surface area contributed by atoms with Crippen LogP contribution in [0.3, 0.4) is 0 Å². The minimum absolute atomic E-state index is 0.353. The van der Waals surface area contributed by atoms with E-state index in [1.807, 2.05) is 0 Å². The molecule has 2 heterocycles. The molecular weight excluding hydrogens is 248 g/mol. The summed E-state index contributed by atoms with van der Waals surface area (Å²) in [5, 5.41) is 0. The standard InChI is InChI=1S/C17H26N2O/c1-12-7-13(2)11-19(10-12)16(9-18)14-3-4-17-15(8-14)5-6-20-17/h3-4,8,12-13,16H,5-7,9-11,18H2,1-2H3. The molecule has 2 aliphatic rings. The average Bonchev–Trinajstić information content (AvgIpc) is 2.86. The first-order valence-corrected chi connectivity index (χ1v) is 7.87. The van der Waals surface area contributed by atoms with Gasteiger partial charge >= 0.3 is 0 Å². The summed E-state index contributed by atoms with van der Waals surface area (Å²) in [7, 11) is 0. The van der Waals surface area contributed by atoms with Gasteiger partial charge in [-0.2, -0.15) is 0 Å². The Kier molecular flexibility index (Phi) is 3.99. The normalized spacial score (nSPS) is 27.9. The molecule has 0 spiro atoms. The zero-order valence-electron chi connectivity index (χ0n) is 12.6. The quantitative estimate of drug-likeness (QED) is 0.921. The summed E-state index contributed by atoms with van der Waals surface area (Å²) in [6, 6.07) is 6.98. The lowest BCUT2D eigenvalue weighted by atomic mass is 9.89. The van der Waals surface area contributed by atoms with Crippen molar-refractivity contribution in [3.8, 4) is 5.75 Å². The van der Waals surface area contributed by atoms with E-state index in [1.165, 1.54) is 30.6 Å². The number of ether oxygens (including phenoxy) is 1. The third-order valence-corrected chi connectivity index (χ3v) is 4.66. The molecule has 0 bridgehead atoms. The molecular formula is C17H26N2O. The molecule has 3 rings (SSSR count). The van der Waals surface area contributed by atoms with Crippen LogP contribution >= 0.6 is 0 Å². The van der Waals surface area contributed by atoms with Crippen LogP contribution in [0.2, 0.25) is 0 Å². The molecule has 110 valence electrons. The Morgan fingerprint density at radius 3 is 2.75 bits per heavy atom. The summed E-state index contributed by atoms with van der Waals surface area (Å²) in [5.41, 5.74) is 8.80. The van der Waals surface area contributed by atoms with E-state index in [4.69, 9.17) is 10.5 Å². The maximum absolute atomic E-state index is 6.10. The third kappa shape index (κ3) is 2.70. The molecule has 1 aromatic carbocycles. The molecule has 20 heavy (non-hydrogen) atoms. The van der Waals surface area contributed by atoms with Crippen molar-refractivity contribution >= 4 is 0 Å². The lowest BCUT2D eigenvalue weighted by molar-refractivity contribution is 0.0984. The molecule has 2 aliphatic heterocycles. The second-order valence-corrected chi connectivity index (χ2v) is 6.62. The van der Waals surface area contributed by atoms with Crippen LogP contribution in [0.5, 0.6) is 5.75 Å². The molecule has 2 N–H and O–H groups in total. The van der Waals surface area contributed by atoms with E-state index < -0.39 is 0 Å². The van der Waals surface area contributed by atoms with Crippen LogP contribution in [0.1, 0.15) is 37.4 Å². The van der Waals surface area contributed by atoms with Gasteiger partial charge in [0.15, 0.2) is 0 Å². The van der Waals surface area contributed by atoms with Gasteiger partial charge in [-0.25, -0.2) is 0 Å². The van der Waals surface area contributed by atoms with Crippen LogP contribution < -0.4 is 10.5 Å². The number of piperidine rings is 1. The Morgan fingerprint density at radius 1 is 1.30 bits per heavy atom. The van der Waals surface area contributed by atoms with E-state index in [-0.39, 0.29) is 0 Å². The minimum atomic E-state index is 0.353. The molecule has 3 heteroatoms. The summed E-state index contributed by atoms with van der Waals surface area (Å²) < 4.78 is 5.60. The van der Waals surface area contributed by atoms with Crippen molar-refractivity contribution in [2.45, 2.75) is 32.7 Å². The molecule has 1 fully saturated rings. The first-order valence-electron chi connectivity index (χ1n) is 7.87. The van der Waals surface area contributed by atoms with Crippen LogP contribution in [-0.4, -0.2) is 31.1 Å². The van der Waals surface area contributed by atoms with Crippen LogP contribution in [0.4, 0.5) is 0 Å². The van der Waals surface area contributed by atoms with Crippen LogP contribution in [-0.2, 0) is 6.42 Å². The van der Waals surface area contributed by atoms with E-state index in [2.05, 4.69) is 36.9 Å². The van der Waals surface area contributed by atoms with Gasteiger partial charge in [0.1, 0.15) is 5.75 Å². The van der Waals surface area contributed by atoms with Crippen molar-refractivity contribution < 1.29 is 4.74 Å². The topological polar surface area (TPSA) is 38.5 Å². The first kappa shape index (κ1) is 13.9. The summed E-state index contributed by atoms with van der Waals surface area (Å²) >= 11 is 0. The third-order valence-electron chi connectivity index (χ3n) is 4.66. The Bertz CT molecular complexity index is 464. The molecule has 0 saturated carbocycles. The largest absolute Gasteiger partial charge is 0.493 e. The molecule has 1 saturated heterocycles. The summed E-state index contributed by atoms with van der Waals surface area (Å²) in [4.78, 5) is 2.58. The van der Waals surface area contributed by atoms with Gasteiger partial charge in [0.25, 0.3) is 0 Å². The number of nitrogens with two attached hydrogens (primary N) is 1. The zero-order chi connectivity index (χ0) is 14.1. The number of nitrogens with zero attached hydrogens (tertiary/aromatic N) is 1. The molecule has 0 aliphatic carbocycles. The fourth-order valence-corrected chi connectivity index (χ4v) is 3.88. The van der Waals surface area contributed by atoms with E-state index in [0.29, 0.717) is 12.6 Å². The molecule has 0 amide bonds. The van der Waals surface area contributed by atoms with Gasteiger partial charge in [-0.1, -0.05) is 26.0 Å². The van der Waals surface area contributed by atoms with E-state index in [0.717, 1.165) is 30.6 Å². The Hall–Kier alpha value is -1.06. The monoisotopic (exact) mass is 274 g/mol. The fraction of sp³-hybridized carbons (Fsp3) is 0.647. The smallest absolute Gasteiger partial charge is 0.122 e. The summed E-state index contributed by atoms with van der Waals surface area (Å²) in [5.74, 6) is 2.60. The highest BCUT2D eigenvalue weighted by atomic mass is 16.5. The number of hydrogen-bond acceptors (Lipinski definition) is 3. The average molecular weight is 274 g/mol. The number of benzene rings is 1. The number of likely N-dealkylation sites (tertiary alicyclic amines) is 1. The van der Waals surface area contributed by atoms with Crippen molar-refractivity contribution in [1.82, 2.24) is 4.90 Å². The van der Waals surface area contributed by atoms with Crippen LogP contribution in [0.15, 0.2) is 18.2 Å². The van der Waals surface area contributed by atoms with Crippen molar-refractivity contribution in [2.24, 2.45) is 17.6 Å². The van der Waals surface area contributed by atoms with Gasteiger partial charge in [-0.3, -0.25) is 4.90 Å². The highest BCUT2D eigenvalue weighted by Crippen LogP contribution is 2.32. The van der Waals surface area contributed by atoms with Gasteiger partial charge in [-0.05, 0) is 35.4 Å². The first-order chi connectivity index (χ1) is 9.67. The Labute approximate surface area is 122 Å². The predicted octanol–water partition coefficient (Wildman–Crippen LogP) is 2.60. The molecule has 0 aromatic heterocycles. The van der Waals surface area contributed by atoms with Crippen molar-refractivity contribution in [3.05, 3.63) is 29.3 Å². The lowest BCUT2D eigenvalue weighted by Crippen LogP contribution is -2.43. The Morgan fingerprint density at radius 2 is 2.05 bits per heavy atom. The van der Waals surface area contributed by atoms with E-state index >= 15 is 0 Å². The van der Waals surface area contributed by atoms with E-state index in [9.17, 15) is 0 Å². The van der Waals surface area contributed by atoms with Gasteiger partial charge in [-0.15, -0.1) is 0 Å². The summed E-state index contributed by atoms with van der Waals surface area (Å²) in [6.07, 6.45) is 2.37. The molecule has 3 atom stereocenters. The fourth-order valence-electron chi connectivity index (χ4n) is 3.88. The molecule has 0 radical (unpaired) electrons. The van der Waals surface area contributed by atoms with Crippen molar-refractivity contribution in [2.75, 3.05) is 26.2 Å². The maximum Gasteiger partial charge on any atom is 0.122 e. The molecule has 3 unspecified atom stereocenters. The Balaban J connectivity index is 1.82. The lowest BCUT2D eigenvalue weighted by Gasteiger charge is -2.40. The van der Waals surface area contributed by atoms with Gasteiger partial charge in [0, 0.05) is 32.1 Å². The second-order valence-electron chi connectivity index (χ2n) is 6.62. The van der Waals surface area contributed by atoms with Crippen LogP contribution in [0.25, 0.3) is 0 Å². The molecule has 1 aromatic rings. The number of fused-ring (bicyclic) bond motifs is 1.